The molecule has 1 aliphatic heterocycles. The molecule has 4 nitrogen and oxygen atoms in total. The van der Waals surface area contributed by atoms with Gasteiger partial charge in [0.2, 0.25) is 0 Å². The fraction of sp³-hybridized carbons (Fsp3) is 0.263. The molecule has 1 atom stereocenters. The van der Waals surface area contributed by atoms with Crippen LogP contribution in [0.5, 0.6) is 0 Å². The second kappa shape index (κ2) is 8.10. The molecule has 0 saturated carbocycles. The van der Waals surface area contributed by atoms with Crippen LogP contribution in [0.4, 0.5) is 10.1 Å². The summed E-state index contributed by atoms with van der Waals surface area (Å²) in [4.78, 5) is 27.4. The quantitative estimate of drug-likeness (QED) is 0.717. The van der Waals surface area contributed by atoms with Gasteiger partial charge in [-0.05, 0) is 36.8 Å². The predicted molar refractivity (Wildman–Crippen MR) is 100 cm³/mol. The van der Waals surface area contributed by atoms with Crippen LogP contribution in [0.3, 0.4) is 0 Å². The van der Waals surface area contributed by atoms with Crippen molar-refractivity contribution in [3.63, 3.8) is 0 Å². The Balaban J connectivity index is 1.71. The summed E-state index contributed by atoms with van der Waals surface area (Å²) in [6.45, 7) is 2.27. The first-order chi connectivity index (χ1) is 12.5. The standard InChI is InChI=1S/C19H17ClFNO3S/c1-12-8-9-22(16-4-2-3-5-17(16)26-12)18(23)11-25-19(24)14-7-6-13(21)10-15(14)20/h2-7,10,12H,8-9,11H2,1H3/t12-/m1/s1. The van der Waals surface area contributed by atoms with Gasteiger partial charge in [-0.2, -0.15) is 0 Å². The Morgan fingerprint density at radius 1 is 1.31 bits per heavy atom. The average molecular weight is 394 g/mol. The summed E-state index contributed by atoms with van der Waals surface area (Å²) in [7, 11) is 0. The summed E-state index contributed by atoms with van der Waals surface area (Å²) in [5, 5.41) is 0.335. The number of halogens is 2. The van der Waals surface area contributed by atoms with Crippen LogP contribution in [0.15, 0.2) is 47.4 Å². The second-order valence-corrected chi connectivity index (χ2v) is 7.82. The van der Waals surface area contributed by atoms with Crippen LogP contribution in [0, 0.1) is 5.82 Å². The van der Waals surface area contributed by atoms with Crippen molar-refractivity contribution >= 4 is 40.9 Å². The molecule has 0 aromatic heterocycles. The maximum absolute atomic E-state index is 13.1. The SMILES string of the molecule is C[C@@H]1CCN(C(=O)COC(=O)c2ccc(F)cc2Cl)c2ccccc2S1. The van der Waals surface area contributed by atoms with Crippen LogP contribution in [0.2, 0.25) is 5.02 Å². The highest BCUT2D eigenvalue weighted by atomic mass is 35.5. The van der Waals surface area contributed by atoms with Crippen molar-refractivity contribution in [3.05, 3.63) is 58.9 Å². The molecule has 2 aromatic rings. The third-order valence-corrected chi connectivity index (χ3v) is 5.57. The summed E-state index contributed by atoms with van der Waals surface area (Å²) in [6.07, 6.45) is 0.836. The van der Waals surface area contributed by atoms with Gasteiger partial charge in [-0.25, -0.2) is 9.18 Å². The number of amides is 1. The van der Waals surface area contributed by atoms with Crippen molar-refractivity contribution in [2.45, 2.75) is 23.5 Å². The second-order valence-electron chi connectivity index (χ2n) is 5.93. The molecule has 1 amide bonds. The van der Waals surface area contributed by atoms with Gasteiger partial charge < -0.3 is 9.64 Å². The lowest BCUT2D eigenvalue weighted by atomic mass is 10.2. The van der Waals surface area contributed by atoms with Crippen LogP contribution in [-0.2, 0) is 9.53 Å². The predicted octanol–water partition coefficient (Wildman–Crippen LogP) is 4.55. The zero-order valence-electron chi connectivity index (χ0n) is 14.1. The van der Waals surface area contributed by atoms with E-state index in [9.17, 15) is 14.0 Å². The highest BCUT2D eigenvalue weighted by Gasteiger charge is 2.25. The van der Waals surface area contributed by atoms with Gasteiger partial charge in [0, 0.05) is 16.7 Å². The lowest BCUT2D eigenvalue weighted by Gasteiger charge is -2.22. The van der Waals surface area contributed by atoms with Crippen LogP contribution < -0.4 is 4.90 Å². The zero-order chi connectivity index (χ0) is 18.7. The number of nitrogens with zero attached hydrogens (tertiary/aromatic N) is 1. The molecule has 0 bridgehead atoms. The van der Waals surface area contributed by atoms with E-state index in [1.165, 1.54) is 6.07 Å². The third kappa shape index (κ3) is 4.19. The number of hydrogen-bond donors (Lipinski definition) is 0. The van der Waals surface area contributed by atoms with Crippen LogP contribution in [-0.4, -0.2) is 30.3 Å². The van der Waals surface area contributed by atoms with Gasteiger partial charge in [-0.3, -0.25) is 4.79 Å². The topological polar surface area (TPSA) is 46.6 Å². The van der Waals surface area contributed by atoms with Gasteiger partial charge >= 0.3 is 5.97 Å². The summed E-state index contributed by atoms with van der Waals surface area (Å²) < 4.78 is 18.2. The number of thioether (sulfide) groups is 1. The minimum absolute atomic E-state index is 0.0290. The number of para-hydroxylation sites is 1. The van der Waals surface area contributed by atoms with E-state index in [1.54, 1.807) is 16.7 Å². The Hall–Kier alpha value is -2.05. The smallest absolute Gasteiger partial charge is 0.340 e. The van der Waals surface area contributed by atoms with Crippen molar-refractivity contribution in [2.24, 2.45) is 0 Å². The Bertz CT molecular complexity index is 845. The first-order valence-corrected chi connectivity index (χ1v) is 9.39. The maximum atomic E-state index is 13.1. The monoisotopic (exact) mass is 393 g/mol. The number of anilines is 1. The molecule has 26 heavy (non-hydrogen) atoms. The van der Waals surface area contributed by atoms with E-state index < -0.39 is 18.4 Å². The molecule has 1 aliphatic rings. The summed E-state index contributed by atoms with van der Waals surface area (Å²) >= 11 is 7.58. The van der Waals surface area contributed by atoms with E-state index in [-0.39, 0.29) is 16.5 Å². The highest BCUT2D eigenvalue weighted by molar-refractivity contribution is 8.00. The lowest BCUT2D eigenvalue weighted by Crippen LogP contribution is -2.35. The van der Waals surface area contributed by atoms with Gasteiger partial charge in [0.15, 0.2) is 6.61 Å². The molecular weight excluding hydrogens is 377 g/mol. The number of benzene rings is 2. The van der Waals surface area contributed by atoms with Crippen LogP contribution >= 0.6 is 23.4 Å². The molecule has 1 heterocycles. The average Bonchev–Trinajstić information content (AvgIpc) is 2.77. The number of hydrogen-bond acceptors (Lipinski definition) is 4. The molecule has 0 radical (unpaired) electrons. The van der Waals surface area contributed by atoms with Gasteiger partial charge in [0.25, 0.3) is 5.91 Å². The number of carbonyl (C=O) groups is 2. The van der Waals surface area contributed by atoms with Gasteiger partial charge in [-0.1, -0.05) is 30.7 Å². The molecule has 0 fully saturated rings. The minimum atomic E-state index is -0.755. The van der Waals surface area contributed by atoms with E-state index in [4.69, 9.17) is 16.3 Å². The van der Waals surface area contributed by atoms with E-state index in [0.29, 0.717) is 11.8 Å². The largest absolute Gasteiger partial charge is 0.452 e. The van der Waals surface area contributed by atoms with Crippen molar-refractivity contribution < 1.29 is 18.7 Å². The van der Waals surface area contributed by atoms with Gasteiger partial charge in [-0.15, -0.1) is 11.8 Å². The van der Waals surface area contributed by atoms with Crippen molar-refractivity contribution in [1.82, 2.24) is 0 Å². The maximum Gasteiger partial charge on any atom is 0.340 e. The Morgan fingerprint density at radius 3 is 2.85 bits per heavy atom. The Labute approximate surface area is 160 Å². The van der Waals surface area contributed by atoms with Crippen molar-refractivity contribution in [2.75, 3.05) is 18.1 Å². The zero-order valence-corrected chi connectivity index (χ0v) is 15.6. The minimum Gasteiger partial charge on any atom is -0.452 e. The first-order valence-electron chi connectivity index (χ1n) is 8.14. The van der Waals surface area contributed by atoms with E-state index in [2.05, 4.69) is 6.92 Å². The fourth-order valence-corrected chi connectivity index (χ4v) is 4.04. The summed E-state index contributed by atoms with van der Waals surface area (Å²) in [6, 6.07) is 11.1. The van der Waals surface area contributed by atoms with Gasteiger partial charge in [0.1, 0.15) is 5.82 Å². The number of rotatable bonds is 3. The molecule has 3 rings (SSSR count). The van der Waals surface area contributed by atoms with Crippen molar-refractivity contribution in [3.8, 4) is 0 Å². The third-order valence-electron chi connectivity index (χ3n) is 4.02. The molecule has 2 aromatic carbocycles. The normalized spacial score (nSPS) is 16.6. The van der Waals surface area contributed by atoms with Crippen LogP contribution in [0.25, 0.3) is 0 Å². The summed E-state index contributed by atoms with van der Waals surface area (Å²) in [5.74, 6) is -1.61. The van der Waals surface area contributed by atoms with Crippen LogP contribution in [0.1, 0.15) is 23.7 Å². The fourth-order valence-electron chi connectivity index (χ4n) is 2.68. The van der Waals surface area contributed by atoms with E-state index >= 15 is 0 Å². The van der Waals surface area contributed by atoms with E-state index in [1.807, 2.05) is 24.3 Å². The first kappa shape index (κ1) is 18.7. The lowest BCUT2D eigenvalue weighted by molar-refractivity contribution is -0.121. The molecule has 0 unspecified atom stereocenters. The molecule has 0 aliphatic carbocycles. The number of carbonyl (C=O) groups excluding carboxylic acids is 2. The van der Waals surface area contributed by atoms with E-state index in [0.717, 1.165) is 29.1 Å². The highest BCUT2D eigenvalue weighted by Crippen LogP contribution is 2.37. The number of fused-ring (bicyclic) bond motifs is 1. The Kier molecular flexibility index (Phi) is 5.84. The molecule has 0 saturated heterocycles. The summed E-state index contributed by atoms with van der Waals surface area (Å²) in [5.41, 5.74) is 0.851. The Morgan fingerprint density at radius 2 is 2.08 bits per heavy atom. The van der Waals surface area contributed by atoms with Gasteiger partial charge in [0.05, 0.1) is 16.3 Å². The number of ether oxygens (including phenoxy) is 1. The molecular formula is C19H17ClFNO3S. The molecule has 7 heteroatoms. The molecule has 136 valence electrons. The van der Waals surface area contributed by atoms with Crippen molar-refractivity contribution in [1.29, 1.82) is 0 Å². The molecule has 0 N–H and O–H groups in total. The molecule has 0 spiro atoms. The number of esters is 1.